The van der Waals surface area contributed by atoms with E-state index >= 15 is 4.39 Å². The molecule has 0 aliphatic carbocycles. The lowest BCUT2D eigenvalue weighted by molar-refractivity contribution is -0.156. The number of fused-ring (bicyclic) bond motifs is 1. The molecule has 1 unspecified atom stereocenters. The van der Waals surface area contributed by atoms with E-state index < -0.39 is 47.8 Å². The first-order chi connectivity index (χ1) is 14.3. The average molecular weight is 430 g/mol. The highest BCUT2D eigenvalue weighted by molar-refractivity contribution is 5.48. The SMILES string of the molecule is O=c1cc(N2CCOCC2)nc2n1CC[C@@H](C(F)(F)F)N2C(F)c1ccccc1F. The van der Waals surface area contributed by atoms with E-state index in [-0.39, 0.29) is 12.4 Å². The molecule has 3 heterocycles. The average Bonchev–Trinajstić information content (AvgIpc) is 2.72. The number of hydrogen-bond acceptors (Lipinski definition) is 5. The number of hydrogen-bond donors (Lipinski definition) is 0. The number of ether oxygens (including phenoxy) is 1. The lowest BCUT2D eigenvalue weighted by Crippen LogP contribution is -2.53. The van der Waals surface area contributed by atoms with Crippen LogP contribution in [0.1, 0.15) is 18.3 Å². The van der Waals surface area contributed by atoms with Crippen LogP contribution in [0.2, 0.25) is 0 Å². The van der Waals surface area contributed by atoms with Crippen molar-refractivity contribution in [1.82, 2.24) is 9.55 Å². The summed E-state index contributed by atoms with van der Waals surface area (Å²) in [7, 11) is 0. The Morgan fingerprint density at radius 3 is 2.50 bits per heavy atom. The molecule has 30 heavy (non-hydrogen) atoms. The molecule has 162 valence electrons. The van der Waals surface area contributed by atoms with Crippen LogP contribution in [0.3, 0.4) is 0 Å². The highest BCUT2D eigenvalue weighted by Crippen LogP contribution is 2.40. The summed E-state index contributed by atoms with van der Waals surface area (Å²) in [5.41, 5.74) is -1.14. The number of nitrogens with zero attached hydrogens (tertiary/aromatic N) is 4. The van der Waals surface area contributed by atoms with Crippen molar-refractivity contribution in [3.8, 4) is 0 Å². The van der Waals surface area contributed by atoms with E-state index in [4.69, 9.17) is 4.74 Å². The first-order valence-electron chi connectivity index (χ1n) is 9.45. The normalized spacial score (nSPS) is 20.8. The highest BCUT2D eigenvalue weighted by Gasteiger charge is 2.50. The second-order valence-electron chi connectivity index (χ2n) is 7.11. The van der Waals surface area contributed by atoms with Gasteiger partial charge in [-0.1, -0.05) is 18.2 Å². The number of anilines is 2. The molecule has 0 N–H and O–H groups in total. The van der Waals surface area contributed by atoms with Crippen LogP contribution in [0.25, 0.3) is 0 Å². The monoisotopic (exact) mass is 430 g/mol. The zero-order chi connectivity index (χ0) is 21.5. The van der Waals surface area contributed by atoms with Gasteiger partial charge in [0.1, 0.15) is 17.7 Å². The van der Waals surface area contributed by atoms with Gasteiger partial charge in [0.2, 0.25) is 12.2 Å². The van der Waals surface area contributed by atoms with E-state index in [0.717, 1.165) is 16.7 Å². The van der Waals surface area contributed by atoms with Crippen LogP contribution < -0.4 is 15.4 Å². The van der Waals surface area contributed by atoms with Gasteiger partial charge in [0.15, 0.2) is 0 Å². The van der Waals surface area contributed by atoms with E-state index in [1.807, 2.05) is 0 Å². The van der Waals surface area contributed by atoms with Gasteiger partial charge in [-0.3, -0.25) is 14.3 Å². The molecule has 0 saturated carbocycles. The second-order valence-corrected chi connectivity index (χ2v) is 7.11. The molecule has 2 aromatic rings. The van der Waals surface area contributed by atoms with Crippen molar-refractivity contribution < 1.29 is 26.7 Å². The number of halogens is 5. The number of morpholine rings is 1. The zero-order valence-electron chi connectivity index (χ0n) is 15.8. The van der Waals surface area contributed by atoms with Crippen LogP contribution >= 0.6 is 0 Å². The molecule has 1 aromatic carbocycles. The summed E-state index contributed by atoms with van der Waals surface area (Å²) in [4.78, 5) is 18.9. The summed E-state index contributed by atoms with van der Waals surface area (Å²) in [6, 6.07) is 3.67. The van der Waals surface area contributed by atoms with Crippen molar-refractivity contribution in [3.63, 3.8) is 0 Å². The minimum Gasteiger partial charge on any atom is -0.378 e. The lowest BCUT2D eigenvalue weighted by Gasteiger charge is -2.41. The van der Waals surface area contributed by atoms with Gasteiger partial charge in [0, 0.05) is 31.3 Å². The number of benzene rings is 1. The summed E-state index contributed by atoms with van der Waals surface area (Å²) in [6.07, 6.45) is -7.83. The molecule has 1 saturated heterocycles. The van der Waals surface area contributed by atoms with Gasteiger partial charge >= 0.3 is 6.18 Å². The van der Waals surface area contributed by atoms with E-state index in [2.05, 4.69) is 4.98 Å². The number of aromatic nitrogens is 2. The Bertz CT molecular complexity index is 974. The Morgan fingerprint density at radius 1 is 1.13 bits per heavy atom. The van der Waals surface area contributed by atoms with Crippen LogP contribution in [-0.4, -0.2) is 48.1 Å². The molecule has 0 bridgehead atoms. The first kappa shape index (κ1) is 20.6. The fourth-order valence-electron chi connectivity index (χ4n) is 3.77. The van der Waals surface area contributed by atoms with E-state index in [1.165, 1.54) is 18.2 Å². The lowest BCUT2D eigenvalue weighted by atomic mass is 10.1. The van der Waals surface area contributed by atoms with E-state index in [0.29, 0.717) is 31.2 Å². The summed E-state index contributed by atoms with van der Waals surface area (Å²) in [6.45, 7) is 1.26. The van der Waals surface area contributed by atoms with Gasteiger partial charge in [-0.2, -0.15) is 18.2 Å². The van der Waals surface area contributed by atoms with Crippen LogP contribution in [0.5, 0.6) is 0 Å². The Balaban J connectivity index is 1.84. The maximum Gasteiger partial charge on any atom is 0.409 e. The third-order valence-corrected chi connectivity index (χ3v) is 5.29. The molecule has 0 amide bonds. The molecule has 0 spiro atoms. The second kappa shape index (κ2) is 7.86. The van der Waals surface area contributed by atoms with Crippen LogP contribution in [0, 0.1) is 5.82 Å². The van der Waals surface area contributed by atoms with Crippen molar-refractivity contribution >= 4 is 11.8 Å². The maximum atomic E-state index is 15.4. The molecule has 0 radical (unpaired) electrons. The fourth-order valence-corrected chi connectivity index (χ4v) is 3.77. The third-order valence-electron chi connectivity index (χ3n) is 5.29. The Hall–Kier alpha value is -2.69. The molecular formula is C19H19F5N4O2. The molecule has 4 rings (SSSR count). The Labute approximate surface area is 168 Å². The van der Waals surface area contributed by atoms with Gasteiger partial charge in [-0.05, 0) is 12.5 Å². The van der Waals surface area contributed by atoms with Gasteiger partial charge in [-0.25, -0.2) is 8.78 Å². The first-order valence-corrected chi connectivity index (χ1v) is 9.45. The smallest absolute Gasteiger partial charge is 0.378 e. The molecule has 6 nitrogen and oxygen atoms in total. The highest BCUT2D eigenvalue weighted by atomic mass is 19.4. The van der Waals surface area contributed by atoms with Crippen LogP contribution in [0.15, 0.2) is 35.1 Å². The summed E-state index contributed by atoms with van der Waals surface area (Å²) >= 11 is 0. The van der Waals surface area contributed by atoms with Gasteiger partial charge < -0.3 is 9.64 Å². The molecule has 11 heteroatoms. The quantitative estimate of drug-likeness (QED) is 0.554. The number of rotatable bonds is 3. The Kier molecular flexibility index (Phi) is 5.39. The van der Waals surface area contributed by atoms with Crippen LogP contribution in [-0.2, 0) is 11.3 Å². The largest absolute Gasteiger partial charge is 0.409 e. The predicted molar refractivity (Wildman–Crippen MR) is 98.7 cm³/mol. The molecule has 1 fully saturated rings. The molecule has 2 aliphatic heterocycles. The predicted octanol–water partition coefficient (Wildman–Crippen LogP) is 3.03. The molecule has 2 atom stereocenters. The Morgan fingerprint density at radius 2 is 1.83 bits per heavy atom. The molecule has 2 aliphatic rings. The summed E-state index contributed by atoms with van der Waals surface area (Å²) < 4.78 is 77.2. The van der Waals surface area contributed by atoms with Crippen molar-refractivity contribution in [1.29, 1.82) is 0 Å². The van der Waals surface area contributed by atoms with Gasteiger partial charge in [0.25, 0.3) is 5.56 Å². The van der Waals surface area contributed by atoms with E-state index in [9.17, 15) is 22.4 Å². The molecular weight excluding hydrogens is 411 g/mol. The summed E-state index contributed by atoms with van der Waals surface area (Å²) in [5, 5.41) is 0. The van der Waals surface area contributed by atoms with Crippen molar-refractivity contribution in [2.24, 2.45) is 0 Å². The maximum absolute atomic E-state index is 15.4. The minimum atomic E-state index is -4.80. The van der Waals surface area contributed by atoms with Gasteiger partial charge in [0.05, 0.1) is 13.2 Å². The third kappa shape index (κ3) is 3.73. The number of alkyl halides is 4. The zero-order valence-corrected chi connectivity index (χ0v) is 15.8. The minimum absolute atomic E-state index is 0.142. The van der Waals surface area contributed by atoms with Crippen LogP contribution in [0.4, 0.5) is 33.7 Å². The topological polar surface area (TPSA) is 50.6 Å². The molecule has 1 aromatic heterocycles. The van der Waals surface area contributed by atoms with Crippen molar-refractivity contribution in [2.45, 2.75) is 31.5 Å². The van der Waals surface area contributed by atoms with Gasteiger partial charge in [-0.15, -0.1) is 0 Å². The van der Waals surface area contributed by atoms with E-state index in [1.54, 1.807) is 4.90 Å². The fraction of sp³-hybridized carbons (Fsp3) is 0.474. The summed E-state index contributed by atoms with van der Waals surface area (Å²) in [5.74, 6) is -1.30. The standard InChI is InChI=1S/C19H19F5N4O2/c20-13-4-2-1-3-12(13)17(21)28-14(19(22,23)24)5-6-27-16(29)11-15(25-18(27)28)26-7-9-30-10-8-26/h1-4,11,14,17H,5-10H2/t14-,17?/m0/s1. The van der Waals surface area contributed by atoms with Crippen molar-refractivity contribution in [2.75, 3.05) is 36.1 Å². The van der Waals surface area contributed by atoms with Crippen molar-refractivity contribution in [3.05, 3.63) is 52.1 Å².